The number of pyridine rings is 1. The Morgan fingerprint density at radius 1 is 1.00 bits per heavy atom. The van der Waals surface area contributed by atoms with Crippen LogP contribution < -0.4 is 16.1 Å². The standard InChI is InChI=1S/C27H32F3N9O2/c1-3-19-7-6-8-20(13-19)15-32-25(40)23-17-38(36-34-23)11-4-5-12-39-18-24(35-37(39)2)26(41)33-16-22-14-21(9-10-31-22)27(28,29)30/h6-10,13-14,17-18,35H,3-5,11-12,15-16H2,1-2H3,(H,32,40)(H,33,41). The Bertz CT molecular complexity index is 1390. The minimum atomic E-state index is -4.48. The zero-order chi connectivity index (χ0) is 29.4. The van der Waals surface area contributed by atoms with E-state index in [2.05, 4.69) is 44.3 Å². The Morgan fingerprint density at radius 3 is 2.54 bits per heavy atom. The number of carbonyl (C=O) groups is 2. The predicted molar refractivity (Wildman–Crippen MR) is 143 cm³/mol. The number of halogens is 3. The fourth-order valence-corrected chi connectivity index (χ4v) is 4.14. The minimum Gasteiger partial charge on any atom is -0.347 e. The second-order valence-corrected chi connectivity index (χ2v) is 9.49. The van der Waals surface area contributed by atoms with Gasteiger partial charge in [0.2, 0.25) is 0 Å². The minimum absolute atomic E-state index is 0.104. The van der Waals surface area contributed by atoms with Gasteiger partial charge < -0.3 is 10.6 Å². The van der Waals surface area contributed by atoms with Gasteiger partial charge in [-0.2, -0.15) is 13.2 Å². The highest BCUT2D eigenvalue weighted by atomic mass is 19.4. The molecule has 11 nitrogen and oxygen atoms in total. The van der Waals surface area contributed by atoms with E-state index in [1.165, 1.54) is 5.56 Å². The molecule has 4 rings (SSSR count). The zero-order valence-electron chi connectivity index (χ0n) is 22.8. The lowest BCUT2D eigenvalue weighted by atomic mass is 10.1. The topological polar surface area (TPSA) is 120 Å². The Morgan fingerprint density at radius 2 is 1.76 bits per heavy atom. The molecule has 0 spiro atoms. The van der Waals surface area contributed by atoms with E-state index in [0.29, 0.717) is 19.6 Å². The Labute approximate surface area is 235 Å². The summed E-state index contributed by atoms with van der Waals surface area (Å²) >= 11 is 0. The van der Waals surface area contributed by atoms with Crippen molar-refractivity contribution in [2.75, 3.05) is 13.6 Å². The number of aromatic nitrogens is 4. The van der Waals surface area contributed by atoms with Crippen LogP contribution in [0.4, 0.5) is 13.2 Å². The molecule has 3 N–H and O–H groups in total. The fraction of sp³-hybridized carbons (Fsp3) is 0.370. The molecule has 0 unspecified atom stereocenters. The van der Waals surface area contributed by atoms with Gasteiger partial charge in [0.1, 0.15) is 5.70 Å². The van der Waals surface area contributed by atoms with Crippen LogP contribution in [0, 0.1) is 0 Å². The second-order valence-electron chi connectivity index (χ2n) is 9.49. The van der Waals surface area contributed by atoms with Crippen LogP contribution in [-0.4, -0.2) is 55.5 Å². The second kappa shape index (κ2) is 13.3. The third-order valence-electron chi connectivity index (χ3n) is 6.41. The third kappa shape index (κ3) is 8.27. The molecule has 2 amide bonds. The normalized spacial score (nSPS) is 13.6. The number of benzene rings is 1. The molecule has 14 heteroatoms. The maximum absolute atomic E-state index is 12.9. The number of rotatable bonds is 12. The summed E-state index contributed by atoms with van der Waals surface area (Å²) in [5, 5.41) is 16.9. The summed E-state index contributed by atoms with van der Waals surface area (Å²) in [6, 6.07) is 9.84. The number of hydrogen-bond donors (Lipinski definition) is 3. The van der Waals surface area contributed by atoms with Gasteiger partial charge >= 0.3 is 6.18 Å². The first-order valence-electron chi connectivity index (χ1n) is 13.2. The first-order chi connectivity index (χ1) is 19.6. The Balaban J connectivity index is 1.18. The van der Waals surface area contributed by atoms with Crippen molar-refractivity contribution in [3.05, 3.63) is 88.8 Å². The maximum Gasteiger partial charge on any atom is 0.416 e. The van der Waals surface area contributed by atoms with Crippen LogP contribution in [0.1, 0.15) is 52.6 Å². The molecule has 1 aliphatic heterocycles. The molecule has 3 aromatic rings. The number of nitrogens with zero attached hydrogens (tertiary/aromatic N) is 6. The summed E-state index contributed by atoms with van der Waals surface area (Å²) in [7, 11) is 1.74. The van der Waals surface area contributed by atoms with Gasteiger partial charge in [-0.3, -0.25) is 29.7 Å². The Hall–Kier alpha value is -4.46. The van der Waals surface area contributed by atoms with Gasteiger partial charge in [-0.05, 0) is 42.5 Å². The maximum atomic E-state index is 12.9. The van der Waals surface area contributed by atoms with Gasteiger partial charge in [-0.15, -0.1) is 10.2 Å². The van der Waals surface area contributed by atoms with E-state index >= 15 is 0 Å². The summed E-state index contributed by atoms with van der Waals surface area (Å²) in [6.07, 6.45) is 2.25. The average Bonchev–Trinajstić information content (AvgIpc) is 3.59. The smallest absolute Gasteiger partial charge is 0.347 e. The molecular formula is C27H32F3N9O2. The van der Waals surface area contributed by atoms with Crippen molar-refractivity contribution in [3.8, 4) is 0 Å². The molecule has 218 valence electrons. The van der Waals surface area contributed by atoms with Gasteiger partial charge in [0, 0.05) is 39.1 Å². The number of amides is 2. The number of hydrogen-bond acceptors (Lipinski definition) is 8. The van der Waals surface area contributed by atoms with Crippen molar-refractivity contribution in [3.63, 3.8) is 0 Å². The number of hydrazine groups is 2. The summed E-state index contributed by atoms with van der Waals surface area (Å²) in [4.78, 5) is 28.9. The highest BCUT2D eigenvalue weighted by Gasteiger charge is 2.30. The number of nitrogens with one attached hydrogen (secondary N) is 3. The van der Waals surface area contributed by atoms with Gasteiger partial charge in [0.15, 0.2) is 5.69 Å². The molecule has 0 atom stereocenters. The lowest BCUT2D eigenvalue weighted by Gasteiger charge is -2.24. The van der Waals surface area contributed by atoms with Crippen LogP contribution in [0.25, 0.3) is 0 Å². The summed E-state index contributed by atoms with van der Waals surface area (Å²) in [5.41, 5.74) is 4.94. The van der Waals surface area contributed by atoms with Gasteiger partial charge in [0.05, 0.1) is 24.0 Å². The van der Waals surface area contributed by atoms with Crippen molar-refractivity contribution in [1.29, 1.82) is 0 Å². The lowest BCUT2D eigenvalue weighted by Crippen LogP contribution is -2.41. The van der Waals surface area contributed by atoms with Crippen LogP contribution in [0.5, 0.6) is 0 Å². The summed E-state index contributed by atoms with van der Waals surface area (Å²) in [5.74, 6) is -0.757. The molecule has 41 heavy (non-hydrogen) atoms. The van der Waals surface area contributed by atoms with E-state index in [-0.39, 0.29) is 29.5 Å². The van der Waals surface area contributed by atoms with E-state index in [4.69, 9.17) is 0 Å². The molecule has 0 bridgehead atoms. The SMILES string of the molecule is CCc1cccc(CNC(=O)c2cn(CCCCN3C=C(C(=O)NCc4cc(C(F)(F)F)ccn4)NN3C)nn2)c1. The molecule has 0 aliphatic carbocycles. The van der Waals surface area contributed by atoms with E-state index in [1.807, 2.05) is 23.2 Å². The lowest BCUT2D eigenvalue weighted by molar-refractivity contribution is -0.137. The molecule has 3 heterocycles. The summed E-state index contributed by atoms with van der Waals surface area (Å²) < 4.78 is 40.3. The molecule has 0 saturated carbocycles. The van der Waals surface area contributed by atoms with Crippen molar-refractivity contribution < 1.29 is 22.8 Å². The van der Waals surface area contributed by atoms with E-state index < -0.39 is 17.6 Å². The van der Waals surface area contributed by atoms with E-state index in [9.17, 15) is 22.8 Å². The van der Waals surface area contributed by atoms with Crippen LogP contribution in [0.15, 0.2) is 60.7 Å². The van der Waals surface area contributed by atoms with Crippen LogP contribution in [0.2, 0.25) is 0 Å². The quantitative estimate of drug-likeness (QED) is 0.284. The molecule has 2 aromatic heterocycles. The number of aryl methyl sites for hydroxylation is 2. The van der Waals surface area contributed by atoms with Crippen LogP contribution in [-0.2, 0) is 37.0 Å². The van der Waals surface area contributed by atoms with Gasteiger partial charge in [-0.1, -0.05) is 36.4 Å². The first kappa shape index (κ1) is 29.5. The van der Waals surface area contributed by atoms with Gasteiger partial charge in [-0.25, -0.2) is 0 Å². The number of unbranched alkanes of at least 4 members (excludes halogenated alkanes) is 1. The van der Waals surface area contributed by atoms with Crippen LogP contribution in [0.3, 0.4) is 0 Å². The molecule has 0 fully saturated rings. The third-order valence-corrected chi connectivity index (χ3v) is 6.41. The largest absolute Gasteiger partial charge is 0.416 e. The van der Waals surface area contributed by atoms with E-state index in [0.717, 1.165) is 43.2 Å². The van der Waals surface area contributed by atoms with E-state index in [1.54, 1.807) is 29.2 Å². The predicted octanol–water partition coefficient (Wildman–Crippen LogP) is 2.79. The molecule has 1 aromatic carbocycles. The fourth-order valence-electron chi connectivity index (χ4n) is 4.14. The first-order valence-corrected chi connectivity index (χ1v) is 13.2. The zero-order valence-corrected chi connectivity index (χ0v) is 22.8. The highest BCUT2D eigenvalue weighted by Crippen LogP contribution is 2.29. The monoisotopic (exact) mass is 571 g/mol. The van der Waals surface area contributed by atoms with Crippen molar-refractivity contribution in [1.82, 2.24) is 46.2 Å². The van der Waals surface area contributed by atoms with Crippen molar-refractivity contribution >= 4 is 11.8 Å². The Kier molecular flexibility index (Phi) is 9.55. The highest BCUT2D eigenvalue weighted by molar-refractivity contribution is 5.93. The summed E-state index contributed by atoms with van der Waals surface area (Å²) in [6.45, 7) is 3.50. The molecular weight excluding hydrogens is 539 g/mol. The van der Waals surface area contributed by atoms with Gasteiger partial charge in [0.25, 0.3) is 11.8 Å². The number of alkyl halides is 3. The molecule has 1 aliphatic rings. The molecule has 0 radical (unpaired) electrons. The van der Waals surface area contributed by atoms with Crippen molar-refractivity contribution in [2.45, 2.75) is 52.0 Å². The van der Waals surface area contributed by atoms with Crippen molar-refractivity contribution in [2.24, 2.45) is 0 Å². The molecule has 0 saturated heterocycles. The average molecular weight is 572 g/mol. The number of carbonyl (C=O) groups excluding carboxylic acids is 2. The van der Waals surface area contributed by atoms with Crippen LogP contribution >= 0.6 is 0 Å².